The van der Waals surface area contributed by atoms with Crippen molar-refractivity contribution < 1.29 is 14.7 Å². The standard InChI is InChI=1S/C11H19NO3S/c1-2-5-16-7-10(13)12-9(11(14)15)6-8-3-4-8/h8-9H,2-7H2,1H3,(H,12,13)(H,14,15). The number of hydrogen-bond acceptors (Lipinski definition) is 3. The van der Waals surface area contributed by atoms with Gasteiger partial charge in [-0.2, -0.15) is 11.8 Å². The van der Waals surface area contributed by atoms with E-state index in [0.29, 0.717) is 18.1 Å². The van der Waals surface area contributed by atoms with E-state index in [1.54, 1.807) is 11.8 Å². The molecule has 0 spiro atoms. The molecule has 1 rings (SSSR count). The van der Waals surface area contributed by atoms with Crippen LogP contribution < -0.4 is 5.32 Å². The summed E-state index contributed by atoms with van der Waals surface area (Å²) in [7, 11) is 0. The average Bonchev–Trinajstić information content (AvgIpc) is 3.01. The summed E-state index contributed by atoms with van der Waals surface area (Å²) >= 11 is 1.54. The Labute approximate surface area is 100 Å². The highest BCUT2D eigenvalue weighted by Gasteiger charge is 2.29. The molecule has 1 aliphatic carbocycles. The number of nitrogens with one attached hydrogen (secondary N) is 1. The van der Waals surface area contributed by atoms with E-state index < -0.39 is 12.0 Å². The number of hydrogen-bond donors (Lipinski definition) is 2. The third kappa shape index (κ3) is 5.39. The number of carbonyl (C=O) groups excluding carboxylic acids is 1. The van der Waals surface area contributed by atoms with Crippen molar-refractivity contribution >= 4 is 23.6 Å². The van der Waals surface area contributed by atoms with E-state index in [0.717, 1.165) is 25.0 Å². The normalized spacial score (nSPS) is 16.8. The van der Waals surface area contributed by atoms with Gasteiger partial charge < -0.3 is 10.4 Å². The third-order valence-corrected chi connectivity index (χ3v) is 3.64. The van der Waals surface area contributed by atoms with E-state index in [-0.39, 0.29) is 5.91 Å². The van der Waals surface area contributed by atoms with Crippen molar-refractivity contribution in [1.82, 2.24) is 5.32 Å². The van der Waals surface area contributed by atoms with E-state index in [1.807, 2.05) is 0 Å². The van der Waals surface area contributed by atoms with Gasteiger partial charge in [0.25, 0.3) is 0 Å². The molecule has 0 aliphatic heterocycles. The largest absolute Gasteiger partial charge is 0.480 e. The van der Waals surface area contributed by atoms with Crippen LogP contribution in [0, 0.1) is 5.92 Å². The first-order chi connectivity index (χ1) is 7.63. The molecule has 0 bridgehead atoms. The number of rotatable bonds is 8. The molecule has 1 atom stereocenters. The minimum absolute atomic E-state index is 0.161. The first-order valence-electron chi connectivity index (χ1n) is 5.73. The van der Waals surface area contributed by atoms with Crippen LogP contribution in [-0.2, 0) is 9.59 Å². The summed E-state index contributed by atoms with van der Waals surface area (Å²) in [5.41, 5.74) is 0. The molecule has 4 nitrogen and oxygen atoms in total. The van der Waals surface area contributed by atoms with Crippen LogP contribution in [-0.4, -0.2) is 34.5 Å². The highest BCUT2D eigenvalue weighted by Crippen LogP contribution is 2.33. The van der Waals surface area contributed by atoms with Gasteiger partial charge in [0, 0.05) is 0 Å². The smallest absolute Gasteiger partial charge is 0.326 e. The maximum Gasteiger partial charge on any atom is 0.326 e. The van der Waals surface area contributed by atoms with Crippen molar-refractivity contribution in [1.29, 1.82) is 0 Å². The first kappa shape index (κ1) is 13.4. The summed E-state index contributed by atoms with van der Waals surface area (Å²) in [5, 5.41) is 11.5. The Morgan fingerprint density at radius 2 is 2.19 bits per heavy atom. The Balaban J connectivity index is 2.23. The van der Waals surface area contributed by atoms with E-state index in [9.17, 15) is 9.59 Å². The monoisotopic (exact) mass is 245 g/mol. The molecule has 0 aromatic heterocycles. The van der Waals surface area contributed by atoms with Gasteiger partial charge in [0.05, 0.1) is 5.75 Å². The molecular weight excluding hydrogens is 226 g/mol. The molecule has 5 heteroatoms. The summed E-state index contributed by atoms with van der Waals surface area (Å²) in [6.07, 6.45) is 3.82. The van der Waals surface area contributed by atoms with Crippen molar-refractivity contribution in [3.05, 3.63) is 0 Å². The zero-order valence-corrected chi connectivity index (χ0v) is 10.4. The lowest BCUT2D eigenvalue weighted by Gasteiger charge is -2.13. The minimum Gasteiger partial charge on any atom is -0.480 e. The van der Waals surface area contributed by atoms with Gasteiger partial charge in [0.2, 0.25) is 5.91 Å². The molecule has 0 saturated heterocycles. The molecule has 1 fully saturated rings. The fourth-order valence-electron chi connectivity index (χ4n) is 1.45. The molecular formula is C11H19NO3S. The highest BCUT2D eigenvalue weighted by molar-refractivity contribution is 7.99. The van der Waals surface area contributed by atoms with Crippen molar-refractivity contribution in [2.45, 2.75) is 38.6 Å². The fourth-order valence-corrected chi connectivity index (χ4v) is 2.16. The molecule has 16 heavy (non-hydrogen) atoms. The van der Waals surface area contributed by atoms with Crippen LogP contribution in [0.25, 0.3) is 0 Å². The number of thioether (sulfide) groups is 1. The SMILES string of the molecule is CCCSCC(=O)NC(CC1CC1)C(=O)O. The van der Waals surface area contributed by atoms with Crippen LogP contribution in [0.4, 0.5) is 0 Å². The molecule has 1 unspecified atom stereocenters. The van der Waals surface area contributed by atoms with Gasteiger partial charge >= 0.3 is 5.97 Å². The van der Waals surface area contributed by atoms with Gasteiger partial charge in [0.1, 0.15) is 6.04 Å². The van der Waals surface area contributed by atoms with Crippen molar-refractivity contribution in [2.24, 2.45) is 5.92 Å². The molecule has 1 amide bonds. The molecule has 0 radical (unpaired) electrons. The van der Waals surface area contributed by atoms with Crippen LogP contribution in [0.2, 0.25) is 0 Å². The quantitative estimate of drug-likeness (QED) is 0.636. The fraction of sp³-hybridized carbons (Fsp3) is 0.818. The molecule has 1 aliphatic rings. The Morgan fingerprint density at radius 3 is 2.69 bits per heavy atom. The Bertz CT molecular complexity index is 254. The zero-order chi connectivity index (χ0) is 12.0. The summed E-state index contributed by atoms with van der Waals surface area (Å²) < 4.78 is 0. The summed E-state index contributed by atoms with van der Waals surface area (Å²) in [4.78, 5) is 22.3. The predicted molar refractivity (Wildman–Crippen MR) is 64.5 cm³/mol. The van der Waals surface area contributed by atoms with Crippen LogP contribution in [0.5, 0.6) is 0 Å². The molecule has 0 heterocycles. The number of aliphatic carboxylic acids is 1. The molecule has 92 valence electrons. The number of carboxylic acid groups (broad SMARTS) is 1. The minimum atomic E-state index is -0.916. The van der Waals surface area contributed by atoms with E-state index >= 15 is 0 Å². The molecule has 1 saturated carbocycles. The lowest BCUT2D eigenvalue weighted by Crippen LogP contribution is -2.42. The van der Waals surface area contributed by atoms with E-state index in [4.69, 9.17) is 5.11 Å². The van der Waals surface area contributed by atoms with Crippen LogP contribution in [0.15, 0.2) is 0 Å². The van der Waals surface area contributed by atoms with E-state index in [2.05, 4.69) is 12.2 Å². The number of carbonyl (C=O) groups is 2. The third-order valence-electron chi connectivity index (χ3n) is 2.48. The molecule has 2 N–H and O–H groups in total. The van der Waals surface area contributed by atoms with Gasteiger partial charge in [-0.1, -0.05) is 19.8 Å². The maximum absolute atomic E-state index is 11.4. The van der Waals surface area contributed by atoms with Crippen LogP contribution >= 0.6 is 11.8 Å². The Kier molecular flexibility index (Phi) is 5.66. The van der Waals surface area contributed by atoms with Crippen molar-refractivity contribution in [2.75, 3.05) is 11.5 Å². The van der Waals surface area contributed by atoms with Crippen LogP contribution in [0.3, 0.4) is 0 Å². The summed E-state index contributed by atoms with van der Waals surface area (Å²) in [6, 6.07) is -0.692. The second-order valence-corrected chi connectivity index (χ2v) is 5.30. The summed E-state index contributed by atoms with van der Waals surface area (Å²) in [6.45, 7) is 2.05. The second-order valence-electron chi connectivity index (χ2n) is 4.19. The number of carboxylic acids is 1. The number of amides is 1. The lowest BCUT2D eigenvalue weighted by molar-refractivity contribution is -0.141. The van der Waals surface area contributed by atoms with Gasteiger partial charge in [-0.25, -0.2) is 4.79 Å². The predicted octanol–water partition coefficient (Wildman–Crippen LogP) is 1.50. The lowest BCUT2D eigenvalue weighted by atomic mass is 10.1. The van der Waals surface area contributed by atoms with Crippen molar-refractivity contribution in [3.63, 3.8) is 0 Å². The maximum atomic E-state index is 11.4. The van der Waals surface area contributed by atoms with Gasteiger partial charge in [-0.05, 0) is 24.5 Å². The summed E-state index contributed by atoms with van der Waals surface area (Å²) in [5.74, 6) is 0.729. The Morgan fingerprint density at radius 1 is 1.50 bits per heavy atom. The van der Waals surface area contributed by atoms with Crippen LogP contribution in [0.1, 0.15) is 32.6 Å². The topological polar surface area (TPSA) is 66.4 Å². The van der Waals surface area contributed by atoms with Gasteiger partial charge in [0.15, 0.2) is 0 Å². The first-order valence-corrected chi connectivity index (χ1v) is 6.88. The van der Waals surface area contributed by atoms with Crippen molar-refractivity contribution in [3.8, 4) is 0 Å². The second kappa shape index (κ2) is 6.78. The van der Waals surface area contributed by atoms with E-state index in [1.165, 1.54) is 0 Å². The highest BCUT2D eigenvalue weighted by atomic mass is 32.2. The van der Waals surface area contributed by atoms with Gasteiger partial charge in [-0.15, -0.1) is 0 Å². The molecule has 0 aromatic rings. The average molecular weight is 245 g/mol. The zero-order valence-electron chi connectivity index (χ0n) is 9.57. The molecule has 0 aromatic carbocycles. The Hall–Kier alpha value is -0.710. The van der Waals surface area contributed by atoms with Gasteiger partial charge in [-0.3, -0.25) is 4.79 Å².